The minimum atomic E-state index is 0.0894. The van der Waals surface area contributed by atoms with Crippen molar-refractivity contribution in [2.75, 3.05) is 13.6 Å². The van der Waals surface area contributed by atoms with Crippen molar-refractivity contribution >= 4 is 22.2 Å². The number of benzene rings is 1. The first-order chi connectivity index (χ1) is 10.4. The monoisotopic (exact) mass is 298 g/mol. The third-order valence-corrected chi connectivity index (χ3v) is 4.33. The Bertz CT molecular complexity index is 697. The highest BCUT2D eigenvalue weighted by molar-refractivity contribution is 7.10. The molecule has 1 N–H and O–H groups in total. The summed E-state index contributed by atoms with van der Waals surface area (Å²) in [6, 6.07) is 14.3. The van der Waals surface area contributed by atoms with Gasteiger partial charge in [0.15, 0.2) is 0 Å². The van der Waals surface area contributed by atoms with Gasteiger partial charge in [-0.25, -0.2) is 0 Å². The molecule has 0 bridgehead atoms. The number of aromatic nitrogens is 1. The Balaban J connectivity index is 1.83. The van der Waals surface area contributed by atoms with Crippen LogP contribution in [0.2, 0.25) is 0 Å². The van der Waals surface area contributed by atoms with Gasteiger partial charge in [0, 0.05) is 22.9 Å². The number of ether oxygens (including phenoxy) is 1. The van der Waals surface area contributed by atoms with Crippen LogP contribution in [0.25, 0.3) is 10.9 Å². The Kier molecular flexibility index (Phi) is 4.48. The minimum absolute atomic E-state index is 0.0894. The molecular weight excluding hydrogens is 280 g/mol. The molecule has 0 aliphatic heterocycles. The number of pyridine rings is 1. The number of nitrogens with zero attached hydrogens (tertiary/aromatic N) is 1. The molecule has 0 aliphatic carbocycles. The molecule has 3 nitrogen and oxygen atoms in total. The molecule has 0 spiro atoms. The second kappa shape index (κ2) is 6.70. The van der Waals surface area contributed by atoms with Gasteiger partial charge in [-0.05, 0) is 49.3 Å². The first-order valence-corrected chi connectivity index (χ1v) is 7.94. The Morgan fingerprint density at radius 2 is 2.19 bits per heavy atom. The number of fused-ring (bicyclic) bond motifs is 1. The number of rotatable bonds is 6. The van der Waals surface area contributed by atoms with E-state index in [9.17, 15) is 0 Å². The van der Waals surface area contributed by atoms with Crippen molar-refractivity contribution in [1.82, 2.24) is 10.3 Å². The van der Waals surface area contributed by atoms with E-state index in [1.165, 1.54) is 4.88 Å². The highest BCUT2D eigenvalue weighted by atomic mass is 32.1. The lowest BCUT2D eigenvalue weighted by Crippen LogP contribution is -2.15. The Labute approximate surface area is 128 Å². The van der Waals surface area contributed by atoms with Crippen molar-refractivity contribution in [3.8, 4) is 5.75 Å². The largest absolute Gasteiger partial charge is 0.485 e. The quantitative estimate of drug-likeness (QED) is 0.746. The van der Waals surface area contributed by atoms with Crippen molar-refractivity contribution in [2.24, 2.45) is 0 Å². The summed E-state index contributed by atoms with van der Waals surface area (Å²) in [6.07, 6.45) is 2.85. The maximum absolute atomic E-state index is 6.21. The van der Waals surface area contributed by atoms with Crippen LogP contribution >= 0.6 is 11.3 Å². The summed E-state index contributed by atoms with van der Waals surface area (Å²) < 4.78 is 6.21. The molecule has 3 aromatic rings. The Hall–Kier alpha value is -1.91. The lowest BCUT2D eigenvalue weighted by molar-refractivity contribution is 0.199. The van der Waals surface area contributed by atoms with E-state index in [4.69, 9.17) is 4.74 Å². The number of hydrogen-bond donors (Lipinski definition) is 1. The summed E-state index contributed by atoms with van der Waals surface area (Å²) >= 11 is 1.74. The Morgan fingerprint density at radius 1 is 1.24 bits per heavy atom. The van der Waals surface area contributed by atoms with Crippen LogP contribution in [0.1, 0.15) is 17.4 Å². The van der Waals surface area contributed by atoms with E-state index in [2.05, 4.69) is 39.9 Å². The molecule has 21 heavy (non-hydrogen) atoms. The van der Waals surface area contributed by atoms with Crippen molar-refractivity contribution in [3.63, 3.8) is 0 Å². The fraction of sp³-hybridized carbons (Fsp3) is 0.235. The summed E-state index contributed by atoms with van der Waals surface area (Å²) in [6.45, 7) is 0.928. The lowest BCUT2D eigenvalue weighted by Gasteiger charge is -2.18. The first kappa shape index (κ1) is 14.0. The zero-order valence-corrected chi connectivity index (χ0v) is 12.8. The van der Waals surface area contributed by atoms with Gasteiger partial charge in [0.2, 0.25) is 0 Å². The SMILES string of the molecule is CNCCC(Oc1ccc2ncccc2c1)c1cccs1. The van der Waals surface area contributed by atoms with Crippen molar-refractivity contribution in [1.29, 1.82) is 0 Å². The fourth-order valence-corrected chi connectivity index (χ4v) is 3.09. The average Bonchev–Trinajstić information content (AvgIpc) is 3.05. The molecule has 108 valence electrons. The van der Waals surface area contributed by atoms with Crippen LogP contribution in [-0.2, 0) is 0 Å². The van der Waals surface area contributed by atoms with Gasteiger partial charge in [-0.3, -0.25) is 4.98 Å². The van der Waals surface area contributed by atoms with E-state index in [0.29, 0.717) is 0 Å². The zero-order chi connectivity index (χ0) is 14.5. The predicted octanol–water partition coefficient (Wildman–Crippen LogP) is 4.03. The highest BCUT2D eigenvalue weighted by Gasteiger charge is 2.14. The molecule has 0 saturated heterocycles. The molecule has 4 heteroatoms. The number of thiophene rings is 1. The molecule has 1 aromatic carbocycles. The second-order valence-electron chi connectivity index (χ2n) is 4.87. The normalized spacial score (nSPS) is 12.4. The van der Waals surface area contributed by atoms with E-state index in [1.807, 2.05) is 31.4 Å². The Morgan fingerprint density at radius 3 is 3.00 bits per heavy atom. The maximum atomic E-state index is 6.21. The van der Waals surface area contributed by atoms with Gasteiger partial charge in [-0.2, -0.15) is 0 Å². The lowest BCUT2D eigenvalue weighted by atomic mass is 10.2. The molecule has 1 atom stereocenters. The van der Waals surface area contributed by atoms with E-state index < -0.39 is 0 Å². The number of hydrogen-bond acceptors (Lipinski definition) is 4. The molecule has 3 rings (SSSR count). The molecular formula is C17H18N2OS. The van der Waals surface area contributed by atoms with Crippen molar-refractivity contribution < 1.29 is 4.74 Å². The van der Waals surface area contributed by atoms with Gasteiger partial charge in [-0.15, -0.1) is 11.3 Å². The minimum Gasteiger partial charge on any atom is -0.485 e. The van der Waals surface area contributed by atoms with E-state index in [0.717, 1.165) is 29.6 Å². The van der Waals surface area contributed by atoms with E-state index in [1.54, 1.807) is 11.3 Å². The topological polar surface area (TPSA) is 34.1 Å². The molecule has 1 unspecified atom stereocenters. The van der Waals surface area contributed by atoms with Crippen LogP contribution < -0.4 is 10.1 Å². The van der Waals surface area contributed by atoms with Crippen LogP contribution in [0, 0.1) is 0 Å². The third-order valence-electron chi connectivity index (χ3n) is 3.37. The fourth-order valence-electron chi connectivity index (χ4n) is 2.30. The highest BCUT2D eigenvalue weighted by Crippen LogP contribution is 2.29. The molecule has 2 aromatic heterocycles. The van der Waals surface area contributed by atoms with E-state index >= 15 is 0 Å². The van der Waals surface area contributed by atoms with E-state index in [-0.39, 0.29) is 6.10 Å². The first-order valence-electron chi connectivity index (χ1n) is 7.06. The standard InChI is InChI=1S/C17H18N2OS/c1-18-10-8-16(17-5-3-11-21-17)20-14-6-7-15-13(12-14)4-2-9-19-15/h2-7,9,11-12,16,18H,8,10H2,1H3. The summed E-state index contributed by atoms with van der Waals surface area (Å²) in [5.74, 6) is 0.894. The van der Waals surface area contributed by atoms with Gasteiger partial charge in [0.1, 0.15) is 11.9 Å². The predicted molar refractivity (Wildman–Crippen MR) is 88.0 cm³/mol. The van der Waals surface area contributed by atoms with Crippen molar-refractivity contribution in [3.05, 3.63) is 58.9 Å². The smallest absolute Gasteiger partial charge is 0.134 e. The van der Waals surface area contributed by atoms with Gasteiger partial charge >= 0.3 is 0 Å². The number of nitrogens with one attached hydrogen (secondary N) is 1. The van der Waals surface area contributed by atoms with Crippen LogP contribution in [-0.4, -0.2) is 18.6 Å². The van der Waals surface area contributed by atoms with Crippen LogP contribution in [0.4, 0.5) is 0 Å². The van der Waals surface area contributed by atoms with Crippen LogP contribution in [0.5, 0.6) is 5.75 Å². The van der Waals surface area contributed by atoms with Gasteiger partial charge in [-0.1, -0.05) is 12.1 Å². The summed E-state index contributed by atoms with van der Waals surface area (Å²) in [5, 5.41) is 6.39. The molecule has 0 aliphatic rings. The van der Waals surface area contributed by atoms with Crippen LogP contribution in [0.15, 0.2) is 54.0 Å². The molecule has 0 amide bonds. The maximum Gasteiger partial charge on any atom is 0.134 e. The summed E-state index contributed by atoms with van der Waals surface area (Å²) in [7, 11) is 1.97. The summed E-state index contributed by atoms with van der Waals surface area (Å²) in [5.41, 5.74) is 0.993. The molecule has 2 heterocycles. The second-order valence-corrected chi connectivity index (χ2v) is 5.85. The molecule has 0 radical (unpaired) electrons. The van der Waals surface area contributed by atoms with Crippen LogP contribution in [0.3, 0.4) is 0 Å². The summed E-state index contributed by atoms with van der Waals surface area (Å²) in [4.78, 5) is 5.60. The third kappa shape index (κ3) is 3.40. The average molecular weight is 298 g/mol. The molecule has 0 fully saturated rings. The zero-order valence-electron chi connectivity index (χ0n) is 12.0. The van der Waals surface area contributed by atoms with Crippen molar-refractivity contribution in [2.45, 2.75) is 12.5 Å². The van der Waals surface area contributed by atoms with Gasteiger partial charge in [0.25, 0.3) is 0 Å². The van der Waals surface area contributed by atoms with Gasteiger partial charge in [0.05, 0.1) is 5.52 Å². The van der Waals surface area contributed by atoms with Gasteiger partial charge < -0.3 is 10.1 Å². The molecule has 0 saturated carbocycles.